The van der Waals surface area contributed by atoms with Gasteiger partial charge in [-0.15, -0.1) is 0 Å². The second kappa shape index (κ2) is 14.2. The van der Waals surface area contributed by atoms with E-state index in [0.29, 0.717) is 39.9 Å². The van der Waals surface area contributed by atoms with Crippen molar-refractivity contribution in [3.63, 3.8) is 0 Å². The number of hydrogen-bond acceptors (Lipinski definition) is 10. The lowest BCUT2D eigenvalue weighted by Crippen LogP contribution is -2.53. The summed E-state index contributed by atoms with van der Waals surface area (Å²) in [5, 5.41) is 19.2. The number of ether oxygens (including phenoxy) is 4. The number of aromatic nitrogens is 2. The first-order valence-electron chi connectivity index (χ1n) is 18.6. The molecule has 294 valence electrons. The highest BCUT2D eigenvalue weighted by atomic mass is 28.3. The molecule has 0 bridgehead atoms. The maximum absolute atomic E-state index is 13.5. The maximum Gasteiger partial charge on any atom is 0.412 e. The molecule has 0 saturated heterocycles. The Hall–Kier alpha value is -4.59. The molecule has 14 heteroatoms. The SMILES string of the molecule is CCC1(OC(=O)CCCNC(=O)OC(C)(C)C)C(=O)OCC2=C1Cc1nc3n(c1=C2O)Cc1c(cc(NC(=O)OC(C)(C)C)cc1[Si](C)(C)C(C)(C)C)C=3. The van der Waals surface area contributed by atoms with Crippen LogP contribution in [0, 0.1) is 0 Å². The van der Waals surface area contributed by atoms with Gasteiger partial charge in [-0.3, -0.25) is 10.1 Å². The Kier molecular flexibility index (Phi) is 10.7. The third kappa shape index (κ3) is 8.08. The fraction of sp³-hybridized carbons (Fsp3) is 0.575. The molecule has 1 aliphatic carbocycles. The summed E-state index contributed by atoms with van der Waals surface area (Å²) in [7, 11) is -2.20. The van der Waals surface area contributed by atoms with Gasteiger partial charge in [0.25, 0.3) is 0 Å². The van der Waals surface area contributed by atoms with E-state index in [0.717, 1.165) is 11.1 Å². The average molecular weight is 765 g/mol. The molecule has 0 spiro atoms. The molecule has 1 atom stereocenters. The highest BCUT2D eigenvalue weighted by Crippen LogP contribution is 2.40. The number of cyclic esters (lactones) is 1. The summed E-state index contributed by atoms with van der Waals surface area (Å²) in [5.74, 6) is -1.41. The van der Waals surface area contributed by atoms with E-state index in [4.69, 9.17) is 23.9 Å². The summed E-state index contributed by atoms with van der Waals surface area (Å²) in [6.45, 7) is 24.2. The van der Waals surface area contributed by atoms with Crippen molar-refractivity contribution in [2.24, 2.45) is 0 Å². The number of aliphatic hydroxyl groups is 1. The third-order valence-electron chi connectivity index (χ3n) is 10.5. The third-order valence-corrected chi connectivity index (χ3v) is 16.1. The van der Waals surface area contributed by atoms with Crippen molar-refractivity contribution in [2.75, 3.05) is 18.5 Å². The second-order valence-electron chi connectivity index (χ2n) is 17.8. The molecule has 1 aromatic carbocycles. The number of aliphatic hydroxyl groups excluding tert-OH is 1. The monoisotopic (exact) mass is 764 g/mol. The van der Waals surface area contributed by atoms with Crippen LogP contribution in [0.3, 0.4) is 0 Å². The van der Waals surface area contributed by atoms with E-state index in [1.165, 1.54) is 5.19 Å². The van der Waals surface area contributed by atoms with E-state index >= 15 is 0 Å². The molecular weight excluding hydrogens is 709 g/mol. The minimum Gasteiger partial charge on any atom is -0.505 e. The topological polar surface area (TPSA) is 167 Å². The molecule has 13 nitrogen and oxygen atoms in total. The van der Waals surface area contributed by atoms with Gasteiger partial charge in [0.15, 0.2) is 0 Å². The number of nitrogens with zero attached hydrogens (tertiary/aromatic N) is 2. The number of esters is 2. The number of hydrogen-bond donors (Lipinski definition) is 3. The van der Waals surface area contributed by atoms with Gasteiger partial charge in [0, 0.05) is 36.2 Å². The van der Waals surface area contributed by atoms with Gasteiger partial charge >= 0.3 is 24.1 Å². The largest absolute Gasteiger partial charge is 0.505 e. The number of alkyl carbamates (subject to hydrolysis) is 1. The first-order chi connectivity index (χ1) is 24.9. The molecule has 0 fully saturated rings. The lowest BCUT2D eigenvalue weighted by atomic mass is 9.79. The first kappa shape index (κ1) is 40.6. The molecule has 0 radical (unpaired) electrons. The number of benzene rings is 1. The summed E-state index contributed by atoms with van der Waals surface area (Å²) >= 11 is 0. The van der Waals surface area contributed by atoms with E-state index in [1.807, 2.05) is 37.5 Å². The Morgan fingerprint density at radius 1 is 1.02 bits per heavy atom. The second-order valence-corrected chi connectivity index (χ2v) is 23.1. The minimum atomic E-state index is -2.20. The highest BCUT2D eigenvalue weighted by molar-refractivity contribution is 6.92. The molecule has 3 heterocycles. The number of rotatable bonds is 8. The van der Waals surface area contributed by atoms with Crippen LogP contribution in [0.1, 0.15) is 105 Å². The van der Waals surface area contributed by atoms with Gasteiger partial charge in [-0.05, 0) is 88.8 Å². The smallest absolute Gasteiger partial charge is 0.412 e. The Morgan fingerprint density at radius 2 is 1.67 bits per heavy atom. The van der Waals surface area contributed by atoms with E-state index in [2.05, 4.69) is 50.6 Å². The highest BCUT2D eigenvalue weighted by Gasteiger charge is 2.52. The van der Waals surface area contributed by atoms with E-state index in [1.54, 1.807) is 27.7 Å². The van der Waals surface area contributed by atoms with E-state index in [-0.39, 0.29) is 49.6 Å². The fourth-order valence-electron chi connectivity index (χ4n) is 6.93. The molecular formula is C40H56N4O9Si. The number of fused-ring (bicyclic) bond motifs is 4. The van der Waals surface area contributed by atoms with Crippen molar-refractivity contribution < 1.29 is 43.2 Å². The van der Waals surface area contributed by atoms with Crippen molar-refractivity contribution in [3.8, 4) is 0 Å². The number of carbonyl (C=O) groups excluding carboxylic acids is 4. The summed E-state index contributed by atoms with van der Waals surface area (Å²) in [5.41, 5.74) is 1.58. The molecule has 54 heavy (non-hydrogen) atoms. The van der Waals surface area contributed by atoms with Crippen LogP contribution >= 0.6 is 0 Å². The zero-order valence-electron chi connectivity index (χ0n) is 33.8. The van der Waals surface area contributed by atoms with Crippen LogP contribution in [0.5, 0.6) is 0 Å². The Morgan fingerprint density at radius 3 is 2.28 bits per heavy atom. The zero-order valence-corrected chi connectivity index (χ0v) is 34.8. The van der Waals surface area contributed by atoms with Gasteiger partial charge in [0.1, 0.15) is 34.4 Å². The predicted molar refractivity (Wildman–Crippen MR) is 208 cm³/mol. The number of carbonyl (C=O) groups is 4. The van der Waals surface area contributed by atoms with Gasteiger partial charge in [0.05, 0.1) is 20.3 Å². The molecule has 1 unspecified atom stereocenters. The van der Waals surface area contributed by atoms with Gasteiger partial charge in [-0.25, -0.2) is 19.4 Å². The quantitative estimate of drug-likeness (QED) is 0.120. The Bertz CT molecular complexity index is 2040. The van der Waals surface area contributed by atoms with Crippen LogP contribution in [0.15, 0.2) is 23.3 Å². The summed E-state index contributed by atoms with van der Waals surface area (Å²) < 4.78 is 24.3. The fourth-order valence-corrected chi connectivity index (χ4v) is 9.23. The molecule has 3 N–H and O–H groups in total. The van der Waals surface area contributed by atoms with Crippen molar-refractivity contribution in [1.82, 2.24) is 14.9 Å². The number of anilines is 1. The average Bonchev–Trinajstić information content (AvgIpc) is 3.38. The molecule has 5 rings (SSSR count). The molecule has 2 aromatic rings. The minimum absolute atomic E-state index is 0.0323. The van der Waals surface area contributed by atoms with Gasteiger partial charge < -0.3 is 33.9 Å². The zero-order chi connectivity index (χ0) is 40.2. The van der Waals surface area contributed by atoms with E-state index < -0.39 is 49.0 Å². The van der Waals surface area contributed by atoms with Crippen LogP contribution in [0.4, 0.5) is 15.3 Å². The summed E-state index contributed by atoms with van der Waals surface area (Å²) in [6.07, 6.45) is 1.27. The normalized spacial score (nSPS) is 18.3. The standard InChI is InChI=1S/C40H56N4O9Si/c1-13-40(51-31(45)15-14-16-41-35(48)52-37(2,3)4)27-20-28-32(33(46)26(27)22-50-34(40)47)44-21-25-23(18-30(44)43-28)17-24(42-36(49)53-38(5,6)7)19-29(25)54(11,12)39(8,9)10/h17-19,46H,13-16,20-22H2,1-12H3,(H,41,48)(H,42,49). The maximum atomic E-state index is 13.5. The van der Waals surface area contributed by atoms with Crippen molar-refractivity contribution in [2.45, 2.75) is 136 Å². The molecule has 3 aliphatic rings. The Labute approximate surface area is 318 Å². The van der Waals surface area contributed by atoms with Gasteiger partial charge in [0.2, 0.25) is 5.60 Å². The van der Waals surface area contributed by atoms with Crippen molar-refractivity contribution in [3.05, 3.63) is 50.9 Å². The predicted octanol–water partition coefficient (Wildman–Crippen LogP) is 5.21. The van der Waals surface area contributed by atoms with Crippen LogP contribution in [0.2, 0.25) is 18.1 Å². The van der Waals surface area contributed by atoms with Gasteiger partial charge in [-0.2, -0.15) is 0 Å². The Balaban J connectivity index is 1.50. The van der Waals surface area contributed by atoms with Crippen LogP contribution < -0.4 is 26.6 Å². The summed E-state index contributed by atoms with van der Waals surface area (Å²) in [4.78, 5) is 56.5. The summed E-state index contributed by atoms with van der Waals surface area (Å²) in [6, 6.07) is 3.99. The van der Waals surface area contributed by atoms with Gasteiger partial charge in [-0.1, -0.05) is 46.0 Å². The van der Waals surface area contributed by atoms with Crippen LogP contribution in [-0.4, -0.2) is 76.8 Å². The molecule has 0 saturated carbocycles. The van der Waals surface area contributed by atoms with E-state index in [9.17, 15) is 24.3 Å². The molecule has 2 amide bonds. The van der Waals surface area contributed by atoms with Crippen LogP contribution in [0.25, 0.3) is 11.8 Å². The lowest BCUT2D eigenvalue weighted by molar-refractivity contribution is -0.180. The number of imidazole rings is 1. The molecule has 2 aliphatic heterocycles. The number of amides is 2. The van der Waals surface area contributed by atoms with Crippen molar-refractivity contribution >= 4 is 54.9 Å². The van der Waals surface area contributed by atoms with Crippen molar-refractivity contribution in [1.29, 1.82) is 0 Å². The first-order valence-corrected chi connectivity index (χ1v) is 21.6. The van der Waals surface area contributed by atoms with Crippen LogP contribution in [-0.2, 0) is 41.5 Å². The molecule has 1 aromatic heterocycles. The number of nitrogens with one attached hydrogen (secondary N) is 2. The lowest BCUT2D eigenvalue weighted by Gasteiger charge is -2.40.